The fraction of sp³-hybridized carbons (Fsp3) is 0.400. The molecule has 2 atom stereocenters. The molecule has 0 radical (unpaired) electrons. The first-order valence-electron chi connectivity index (χ1n) is 6.34. The van der Waals surface area contributed by atoms with Gasteiger partial charge in [0.25, 0.3) is 0 Å². The summed E-state index contributed by atoms with van der Waals surface area (Å²) in [6.45, 7) is 4.39. The van der Waals surface area contributed by atoms with Crippen LogP contribution in [0.3, 0.4) is 0 Å². The molecule has 0 aliphatic carbocycles. The van der Waals surface area contributed by atoms with Crippen molar-refractivity contribution in [2.24, 2.45) is 0 Å². The van der Waals surface area contributed by atoms with Gasteiger partial charge in [-0.3, -0.25) is 4.79 Å². The molecule has 0 fully saturated rings. The summed E-state index contributed by atoms with van der Waals surface area (Å²) >= 11 is 6.07. The molecule has 0 N–H and O–H groups in total. The molecule has 0 aliphatic heterocycles. The van der Waals surface area contributed by atoms with E-state index in [-0.39, 0.29) is 0 Å². The molecule has 0 saturated heterocycles. The Morgan fingerprint density at radius 2 is 1.95 bits per heavy atom. The number of alkyl halides is 1. The highest BCUT2D eigenvalue weighted by Gasteiger charge is 2.25. The van der Waals surface area contributed by atoms with Crippen molar-refractivity contribution in [3.63, 3.8) is 0 Å². The molecule has 1 aromatic rings. The Morgan fingerprint density at radius 3 is 2.53 bits per heavy atom. The van der Waals surface area contributed by atoms with Crippen LogP contribution in [0.2, 0.25) is 0 Å². The predicted octanol–water partition coefficient (Wildman–Crippen LogP) is 3.28. The van der Waals surface area contributed by atoms with Gasteiger partial charge in [0.15, 0.2) is 5.38 Å². The molecule has 0 heterocycles. The van der Waals surface area contributed by atoms with Gasteiger partial charge in [-0.2, -0.15) is 0 Å². The van der Waals surface area contributed by atoms with Crippen LogP contribution in [-0.4, -0.2) is 30.7 Å². The van der Waals surface area contributed by atoms with E-state index in [0.717, 1.165) is 5.56 Å². The number of halogens is 1. The normalized spacial score (nSPS) is 14.3. The van der Waals surface area contributed by atoms with Gasteiger partial charge in [-0.05, 0) is 19.4 Å². The van der Waals surface area contributed by atoms with Crippen molar-refractivity contribution in [2.75, 3.05) is 13.2 Å². The zero-order valence-electron chi connectivity index (χ0n) is 11.2. The Hall–Kier alpha value is -1.32. The summed E-state index contributed by atoms with van der Waals surface area (Å²) in [6.07, 6.45) is 3.17. The van der Waals surface area contributed by atoms with Crippen LogP contribution >= 0.6 is 11.6 Å². The molecule has 0 bridgehead atoms. The molecule has 0 aliphatic rings. The van der Waals surface area contributed by atoms with Crippen molar-refractivity contribution < 1.29 is 14.3 Å². The number of hydrogen-bond acceptors (Lipinski definition) is 3. The molecule has 0 spiro atoms. The second-order valence-corrected chi connectivity index (χ2v) is 4.31. The average molecular weight is 283 g/mol. The lowest BCUT2D eigenvalue weighted by Gasteiger charge is -2.17. The van der Waals surface area contributed by atoms with E-state index in [9.17, 15) is 4.79 Å². The molecule has 1 rings (SSSR count). The third-order valence-electron chi connectivity index (χ3n) is 2.44. The highest BCUT2D eigenvalue weighted by molar-refractivity contribution is 6.30. The minimum atomic E-state index is -0.833. The summed E-state index contributed by atoms with van der Waals surface area (Å²) in [5, 5.41) is -0.833. The van der Waals surface area contributed by atoms with E-state index in [0.29, 0.717) is 13.2 Å². The van der Waals surface area contributed by atoms with Gasteiger partial charge in [0.05, 0.1) is 6.61 Å². The van der Waals surface area contributed by atoms with Gasteiger partial charge >= 0.3 is 5.97 Å². The topological polar surface area (TPSA) is 35.5 Å². The minimum absolute atomic E-state index is 0.309. The summed E-state index contributed by atoms with van der Waals surface area (Å²) in [5.74, 6) is -0.458. The Bertz CT molecular complexity index is 403. The second-order valence-electron chi connectivity index (χ2n) is 3.84. The third kappa shape index (κ3) is 5.45. The van der Waals surface area contributed by atoms with Crippen molar-refractivity contribution in [3.8, 4) is 0 Å². The van der Waals surface area contributed by atoms with Gasteiger partial charge < -0.3 is 9.47 Å². The largest absolute Gasteiger partial charge is 0.465 e. The summed E-state index contributed by atoms with van der Waals surface area (Å²) in [4.78, 5) is 11.6. The third-order valence-corrected chi connectivity index (χ3v) is 2.86. The fourth-order valence-electron chi connectivity index (χ4n) is 1.56. The van der Waals surface area contributed by atoms with Gasteiger partial charge in [0.1, 0.15) is 6.10 Å². The van der Waals surface area contributed by atoms with Crippen LogP contribution in [0.25, 0.3) is 6.08 Å². The lowest BCUT2D eigenvalue weighted by atomic mass is 10.1. The summed E-state index contributed by atoms with van der Waals surface area (Å²) in [7, 11) is 0. The maximum atomic E-state index is 11.6. The molecular weight excluding hydrogens is 264 g/mol. The minimum Gasteiger partial charge on any atom is -0.465 e. The smallest absolute Gasteiger partial charge is 0.327 e. The van der Waals surface area contributed by atoms with Crippen LogP contribution in [0, 0.1) is 0 Å². The van der Waals surface area contributed by atoms with Gasteiger partial charge in [-0.1, -0.05) is 42.5 Å². The van der Waals surface area contributed by atoms with E-state index in [1.54, 1.807) is 13.0 Å². The monoisotopic (exact) mass is 282 g/mol. The first-order chi connectivity index (χ1) is 9.19. The molecule has 2 unspecified atom stereocenters. The molecule has 104 valence electrons. The standard InChI is InChI=1S/C15H19ClO3/c1-3-18-13(14(16)15(17)19-4-2)11-10-12-8-6-5-7-9-12/h5-11,13-14H,3-4H2,1-2H3/b11-10+. The van der Waals surface area contributed by atoms with Crippen molar-refractivity contribution in [1.82, 2.24) is 0 Å². The summed E-state index contributed by atoms with van der Waals surface area (Å²) in [5.41, 5.74) is 1.03. The Balaban J connectivity index is 2.72. The highest BCUT2D eigenvalue weighted by Crippen LogP contribution is 2.13. The van der Waals surface area contributed by atoms with E-state index in [1.165, 1.54) is 0 Å². The van der Waals surface area contributed by atoms with E-state index < -0.39 is 17.5 Å². The van der Waals surface area contributed by atoms with Crippen LogP contribution in [0.4, 0.5) is 0 Å². The first kappa shape index (κ1) is 15.7. The van der Waals surface area contributed by atoms with Gasteiger partial charge in [0.2, 0.25) is 0 Å². The van der Waals surface area contributed by atoms with Crippen LogP contribution in [-0.2, 0) is 14.3 Å². The number of benzene rings is 1. The molecule has 0 amide bonds. The first-order valence-corrected chi connectivity index (χ1v) is 6.78. The van der Waals surface area contributed by atoms with Gasteiger partial charge in [-0.25, -0.2) is 0 Å². The van der Waals surface area contributed by atoms with Crippen LogP contribution in [0.1, 0.15) is 19.4 Å². The summed E-state index contributed by atoms with van der Waals surface area (Å²) in [6, 6.07) is 9.76. The maximum Gasteiger partial charge on any atom is 0.327 e. The Morgan fingerprint density at radius 1 is 1.26 bits per heavy atom. The lowest BCUT2D eigenvalue weighted by Crippen LogP contribution is -2.31. The highest BCUT2D eigenvalue weighted by atomic mass is 35.5. The molecule has 19 heavy (non-hydrogen) atoms. The number of esters is 1. The van der Waals surface area contributed by atoms with Crippen LogP contribution < -0.4 is 0 Å². The van der Waals surface area contributed by atoms with Gasteiger partial charge in [-0.15, -0.1) is 11.6 Å². The van der Waals surface area contributed by atoms with Crippen molar-refractivity contribution in [3.05, 3.63) is 42.0 Å². The van der Waals surface area contributed by atoms with Crippen molar-refractivity contribution >= 4 is 23.6 Å². The quantitative estimate of drug-likeness (QED) is 0.569. The van der Waals surface area contributed by atoms with Gasteiger partial charge in [0, 0.05) is 6.61 Å². The number of rotatable bonds is 7. The zero-order valence-corrected chi connectivity index (χ0v) is 12.0. The molecule has 4 heteroatoms. The van der Waals surface area contributed by atoms with E-state index in [4.69, 9.17) is 21.1 Å². The van der Waals surface area contributed by atoms with Crippen LogP contribution in [0.15, 0.2) is 36.4 Å². The van der Waals surface area contributed by atoms with Crippen LogP contribution in [0.5, 0.6) is 0 Å². The van der Waals surface area contributed by atoms with E-state index in [2.05, 4.69) is 0 Å². The number of ether oxygens (including phenoxy) is 2. The fourth-order valence-corrected chi connectivity index (χ4v) is 1.78. The van der Waals surface area contributed by atoms with Crippen molar-refractivity contribution in [1.29, 1.82) is 0 Å². The second kappa shape index (κ2) is 8.73. The average Bonchev–Trinajstić information content (AvgIpc) is 2.44. The van der Waals surface area contributed by atoms with E-state index in [1.807, 2.05) is 43.3 Å². The molecule has 0 aromatic heterocycles. The zero-order chi connectivity index (χ0) is 14.1. The van der Waals surface area contributed by atoms with Crippen molar-refractivity contribution in [2.45, 2.75) is 25.3 Å². The molecule has 0 saturated carbocycles. The Labute approximate surface area is 119 Å². The number of carbonyl (C=O) groups is 1. The molecule has 1 aromatic carbocycles. The lowest BCUT2D eigenvalue weighted by molar-refractivity contribution is -0.144. The molecular formula is C15H19ClO3. The summed E-state index contributed by atoms with van der Waals surface area (Å²) < 4.78 is 10.4. The predicted molar refractivity (Wildman–Crippen MR) is 77.2 cm³/mol. The van der Waals surface area contributed by atoms with E-state index >= 15 is 0 Å². The number of hydrogen-bond donors (Lipinski definition) is 0. The number of carbonyl (C=O) groups excluding carboxylic acids is 1. The SMILES string of the molecule is CCOC(=O)C(Cl)C(/C=C/c1ccccc1)OCC. The molecule has 3 nitrogen and oxygen atoms in total. The Kier molecular flexibility index (Phi) is 7.23. The maximum absolute atomic E-state index is 11.6.